The normalized spacial score (nSPS) is 11.5. The number of para-hydroxylation sites is 1. The first-order chi connectivity index (χ1) is 15.4. The van der Waals surface area contributed by atoms with Crippen molar-refractivity contribution in [2.24, 2.45) is 0 Å². The number of hydrogen-bond donors (Lipinski definition) is 0. The van der Waals surface area contributed by atoms with Gasteiger partial charge >= 0.3 is 0 Å². The summed E-state index contributed by atoms with van der Waals surface area (Å²) in [5, 5.41) is 11.1. The first kappa shape index (κ1) is 26.0. The predicted octanol–water partition coefficient (Wildman–Crippen LogP) is 6.96. The molecule has 6 nitrogen and oxygen atoms in total. The summed E-state index contributed by atoms with van der Waals surface area (Å²) in [6.45, 7) is 1.86. The second-order valence-corrected chi connectivity index (χ2v) is 9.79. The molecule has 0 heterocycles. The van der Waals surface area contributed by atoms with Gasteiger partial charge in [0.2, 0.25) is 0 Å². The Kier molecular flexibility index (Phi) is 11.4. The Morgan fingerprint density at radius 3 is 1.97 bits per heavy atom. The first-order valence-electron chi connectivity index (χ1n) is 11.6. The van der Waals surface area contributed by atoms with E-state index in [2.05, 4.69) is 6.92 Å². The van der Waals surface area contributed by atoms with Crippen molar-refractivity contribution in [1.29, 1.82) is 0 Å². The fourth-order valence-electron chi connectivity index (χ4n) is 3.66. The van der Waals surface area contributed by atoms with Gasteiger partial charge in [-0.2, -0.15) is 8.42 Å². The van der Waals surface area contributed by atoms with E-state index in [4.69, 9.17) is 4.18 Å². The van der Waals surface area contributed by atoms with E-state index in [1.54, 1.807) is 18.2 Å². The van der Waals surface area contributed by atoms with E-state index in [1.807, 2.05) is 12.1 Å². The second-order valence-electron chi connectivity index (χ2n) is 8.18. The van der Waals surface area contributed by atoms with Crippen LogP contribution in [0.4, 0.5) is 5.69 Å². The van der Waals surface area contributed by atoms with Gasteiger partial charge in [-0.3, -0.25) is 14.3 Å². The largest absolute Gasteiger partial charge is 0.297 e. The Labute approximate surface area is 192 Å². The first-order valence-corrected chi connectivity index (χ1v) is 13.1. The molecule has 0 radical (unpaired) electrons. The van der Waals surface area contributed by atoms with Gasteiger partial charge in [0, 0.05) is 6.07 Å². The average Bonchev–Trinajstić information content (AvgIpc) is 2.79. The number of benzene rings is 2. The summed E-state index contributed by atoms with van der Waals surface area (Å²) in [6, 6.07) is 12.7. The summed E-state index contributed by atoms with van der Waals surface area (Å²) >= 11 is 0. The van der Waals surface area contributed by atoms with Gasteiger partial charge in [-0.1, -0.05) is 89.0 Å². The zero-order valence-electron chi connectivity index (χ0n) is 19.0. The summed E-state index contributed by atoms with van der Waals surface area (Å²) in [5.74, 6) is 0. The van der Waals surface area contributed by atoms with E-state index in [-0.39, 0.29) is 22.8 Å². The lowest BCUT2D eigenvalue weighted by atomic mass is 10.0. The molecule has 0 unspecified atom stereocenters. The molecule has 2 rings (SSSR count). The minimum atomic E-state index is -3.98. The van der Waals surface area contributed by atoms with Gasteiger partial charge in [0.15, 0.2) is 0 Å². The topological polar surface area (TPSA) is 86.5 Å². The minimum absolute atomic E-state index is 0.0582. The Morgan fingerprint density at radius 1 is 0.812 bits per heavy atom. The fourth-order valence-corrected chi connectivity index (χ4v) is 4.55. The Morgan fingerprint density at radius 2 is 1.38 bits per heavy atom. The van der Waals surface area contributed by atoms with E-state index < -0.39 is 15.0 Å². The summed E-state index contributed by atoms with van der Waals surface area (Å²) < 4.78 is 30.0. The van der Waals surface area contributed by atoms with Crippen LogP contribution in [0.1, 0.15) is 82.3 Å². The standard InChI is InChI=1S/C25H35NO5S/c1-2-3-4-5-6-7-8-9-10-11-14-22-17-19-24(20-18-22)32(29,30)31-21-23-15-12-13-16-25(23)26(27)28/h12-13,15-20H,2-11,14,21H2,1H3. The van der Waals surface area contributed by atoms with Gasteiger partial charge in [-0.25, -0.2) is 0 Å². The fraction of sp³-hybridized carbons (Fsp3) is 0.520. The third kappa shape index (κ3) is 9.09. The molecule has 0 spiro atoms. The van der Waals surface area contributed by atoms with Crippen molar-refractivity contribution in [3.63, 3.8) is 0 Å². The number of unbranched alkanes of at least 4 members (excludes halogenated alkanes) is 9. The molecule has 0 bridgehead atoms. The van der Waals surface area contributed by atoms with Crippen LogP contribution in [-0.4, -0.2) is 13.3 Å². The van der Waals surface area contributed by atoms with Crippen LogP contribution in [0.2, 0.25) is 0 Å². The zero-order valence-corrected chi connectivity index (χ0v) is 19.8. The SMILES string of the molecule is CCCCCCCCCCCCc1ccc(S(=O)(=O)OCc2ccccc2[N+](=O)[O-])cc1. The molecule has 32 heavy (non-hydrogen) atoms. The molecule has 0 aliphatic rings. The number of hydrogen-bond acceptors (Lipinski definition) is 5. The number of nitro groups is 1. The van der Waals surface area contributed by atoms with Crippen LogP contribution in [0.15, 0.2) is 53.4 Å². The van der Waals surface area contributed by atoms with E-state index in [0.29, 0.717) is 0 Å². The van der Waals surface area contributed by atoms with E-state index in [1.165, 1.54) is 76.0 Å². The Balaban J connectivity index is 1.73. The molecule has 176 valence electrons. The van der Waals surface area contributed by atoms with E-state index in [0.717, 1.165) is 18.4 Å². The average molecular weight is 462 g/mol. The van der Waals surface area contributed by atoms with E-state index >= 15 is 0 Å². The van der Waals surface area contributed by atoms with Gasteiger partial charge in [0.1, 0.15) is 0 Å². The lowest BCUT2D eigenvalue weighted by molar-refractivity contribution is -0.385. The molecule has 0 aliphatic carbocycles. The highest BCUT2D eigenvalue weighted by atomic mass is 32.2. The molecular formula is C25H35NO5S. The van der Waals surface area contributed by atoms with Gasteiger partial charge in [-0.15, -0.1) is 0 Å². The molecular weight excluding hydrogens is 426 g/mol. The van der Waals surface area contributed by atoms with E-state index in [9.17, 15) is 18.5 Å². The Bertz CT molecular complexity index is 926. The van der Waals surface area contributed by atoms with Gasteiger partial charge in [0.05, 0.1) is 22.0 Å². The molecule has 2 aromatic rings. The van der Waals surface area contributed by atoms with Crippen molar-refractivity contribution in [2.75, 3.05) is 0 Å². The van der Waals surface area contributed by atoms with Crippen molar-refractivity contribution >= 4 is 15.8 Å². The number of nitro benzene ring substituents is 1. The summed E-state index contributed by atoms with van der Waals surface area (Å²) in [6.07, 6.45) is 13.8. The Hall–Kier alpha value is -2.25. The molecule has 0 saturated carbocycles. The third-order valence-corrected chi connectivity index (χ3v) is 6.87. The van der Waals surface area contributed by atoms with Crippen LogP contribution in [0.25, 0.3) is 0 Å². The van der Waals surface area contributed by atoms with Crippen LogP contribution >= 0.6 is 0 Å². The number of nitrogens with zero attached hydrogens (tertiary/aromatic N) is 1. The molecule has 0 aromatic heterocycles. The van der Waals surface area contributed by atoms with Gasteiger partial charge in [-0.05, 0) is 36.6 Å². The second kappa shape index (κ2) is 14.0. The molecule has 0 aliphatic heterocycles. The molecule has 0 amide bonds. The maximum Gasteiger partial charge on any atom is 0.297 e. The van der Waals surface area contributed by atoms with Gasteiger partial charge in [0.25, 0.3) is 15.8 Å². The van der Waals surface area contributed by atoms with Crippen LogP contribution in [0.5, 0.6) is 0 Å². The van der Waals surface area contributed by atoms with Crippen LogP contribution in [-0.2, 0) is 27.3 Å². The molecule has 7 heteroatoms. The third-order valence-electron chi connectivity index (χ3n) is 5.59. The smallest absolute Gasteiger partial charge is 0.261 e. The molecule has 0 saturated heterocycles. The van der Waals surface area contributed by atoms with Gasteiger partial charge < -0.3 is 0 Å². The highest BCUT2D eigenvalue weighted by Gasteiger charge is 2.19. The molecule has 2 aromatic carbocycles. The van der Waals surface area contributed by atoms with Crippen molar-refractivity contribution in [3.05, 3.63) is 69.8 Å². The maximum absolute atomic E-state index is 12.4. The van der Waals surface area contributed by atoms with Crippen molar-refractivity contribution in [2.45, 2.75) is 89.1 Å². The van der Waals surface area contributed by atoms with Crippen molar-refractivity contribution in [1.82, 2.24) is 0 Å². The van der Waals surface area contributed by atoms with Crippen LogP contribution in [0, 0.1) is 10.1 Å². The number of aryl methyl sites for hydroxylation is 1. The molecule has 0 fully saturated rings. The van der Waals surface area contributed by atoms with Crippen molar-refractivity contribution < 1.29 is 17.5 Å². The summed E-state index contributed by atoms with van der Waals surface area (Å²) in [4.78, 5) is 10.6. The zero-order chi connectivity index (χ0) is 23.2. The molecule has 0 N–H and O–H groups in total. The van der Waals surface area contributed by atoms with Crippen LogP contribution < -0.4 is 0 Å². The van der Waals surface area contributed by atoms with Crippen molar-refractivity contribution in [3.8, 4) is 0 Å². The highest BCUT2D eigenvalue weighted by molar-refractivity contribution is 7.86. The monoisotopic (exact) mass is 461 g/mol. The lowest BCUT2D eigenvalue weighted by Crippen LogP contribution is -2.07. The minimum Gasteiger partial charge on any atom is -0.261 e. The highest BCUT2D eigenvalue weighted by Crippen LogP contribution is 2.22. The quantitative estimate of drug-likeness (QED) is 0.117. The maximum atomic E-state index is 12.4. The van der Waals surface area contributed by atoms with Crippen LogP contribution in [0.3, 0.4) is 0 Å². The number of rotatable bonds is 16. The summed E-state index contributed by atoms with van der Waals surface area (Å²) in [7, 11) is -3.98. The summed E-state index contributed by atoms with van der Waals surface area (Å²) in [5.41, 5.74) is 1.16. The molecule has 0 atom stereocenters. The predicted molar refractivity (Wildman–Crippen MR) is 127 cm³/mol. The lowest BCUT2D eigenvalue weighted by Gasteiger charge is -2.08.